The Kier molecular flexibility index (Phi) is 6.48. The minimum atomic E-state index is -0.430. The van der Waals surface area contributed by atoms with Crippen molar-refractivity contribution in [3.8, 4) is 0 Å². The van der Waals surface area contributed by atoms with Crippen molar-refractivity contribution in [1.29, 1.82) is 0 Å². The number of Topliss-reactive ketones (excluding diaryl/α,β-unsaturated/α-hetero) is 1. The number of hydrogen-bond donors (Lipinski definition) is 1. The van der Waals surface area contributed by atoms with Crippen molar-refractivity contribution in [2.75, 3.05) is 0 Å². The fraction of sp³-hybridized carbons (Fsp3) is 0.100. The van der Waals surface area contributed by atoms with Gasteiger partial charge in [-0.1, -0.05) is 91.0 Å². The molecule has 5 aromatic rings. The molecule has 1 heterocycles. The Balaban J connectivity index is 1.56. The van der Waals surface area contributed by atoms with Crippen molar-refractivity contribution >= 4 is 22.7 Å². The lowest BCUT2D eigenvalue weighted by atomic mass is 10.0. The van der Waals surface area contributed by atoms with Crippen LogP contribution in [-0.2, 0) is 13.0 Å². The first-order valence-corrected chi connectivity index (χ1v) is 11.6. The molecular formula is C30H25N3O2. The van der Waals surface area contributed by atoms with Gasteiger partial charge in [0.25, 0.3) is 5.91 Å². The van der Waals surface area contributed by atoms with E-state index in [4.69, 9.17) is 4.98 Å². The fourth-order valence-electron chi connectivity index (χ4n) is 4.27. The van der Waals surface area contributed by atoms with E-state index < -0.39 is 6.04 Å². The quantitative estimate of drug-likeness (QED) is 0.306. The van der Waals surface area contributed by atoms with E-state index in [0.717, 1.165) is 16.6 Å². The summed E-state index contributed by atoms with van der Waals surface area (Å²) in [4.78, 5) is 31.3. The van der Waals surface area contributed by atoms with Crippen molar-refractivity contribution < 1.29 is 9.59 Å². The second kappa shape index (κ2) is 10.2. The van der Waals surface area contributed by atoms with Gasteiger partial charge >= 0.3 is 0 Å². The maximum Gasteiger partial charge on any atom is 0.251 e. The molecule has 5 nitrogen and oxygen atoms in total. The lowest BCUT2D eigenvalue weighted by Gasteiger charge is -2.20. The van der Waals surface area contributed by atoms with Gasteiger partial charge in [0, 0.05) is 11.1 Å². The minimum absolute atomic E-state index is 0.0112. The molecule has 0 aliphatic heterocycles. The second-order valence-electron chi connectivity index (χ2n) is 8.42. The summed E-state index contributed by atoms with van der Waals surface area (Å²) < 4.78 is 1.93. The third-order valence-corrected chi connectivity index (χ3v) is 6.02. The zero-order chi connectivity index (χ0) is 24.0. The predicted molar refractivity (Wildman–Crippen MR) is 137 cm³/mol. The van der Waals surface area contributed by atoms with Crippen LogP contribution in [0, 0.1) is 0 Å². The van der Waals surface area contributed by atoms with E-state index in [1.807, 2.05) is 108 Å². The number of benzene rings is 4. The van der Waals surface area contributed by atoms with Crippen LogP contribution >= 0.6 is 0 Å². The van der Waals surface area contributed by atoms with Gasteiger partial charge in [0.2, 0.25) is 0 Å². The highest BCUT2D eigenvalue weighted by Crippen LogP contribution is 2.25. The summed E-state index contributed by atoms with van der Waals surface area (Å²) in [5.41, 5.74) is 3.94. The number of hydrogen-bond acceptors (Lipinski definition) is 3. The molecule has 0 aliphatic carbocycles. The van der Waals surface area contributed by atoms with Crippen LogP contribution in [0.1, 0.15) is 38.1 Å². The van der Waals surface area contributed by atoms with Crippen molar-refractivity contribution in [2.24, 2.45) is 0 Å². The first-order valence-electron chi connectivity index (χ1n) is 11.6. The van der Waals surface area contributed by atoms with Crippen LogP contribution in [0.25, 0.3) is 11.0 Å². The van der Waals surface area contributed by atoms with Gasteiger partial charge in [0.05, 0.1) is 23.6 Å². The molecule has 172 valence electrons. The summed E-state index contributed by atoms with van der Waals surface area (Å²) in [6.45, 7) is 0.131. The Morgan fingerprint density at radius 2 is 1.29 bits per heavy atom. The van der Waals surface area contributed by atoms with E-state index in [9.17, 15) is 9.59 Å². The highest BCUT2D eigenvalue weighted by molar-refractivity contribution is 5.97. The lowest BCUT2D eigenvalue weighted by Crippen LogP contribution is -2.32. The van der Waals surface area contributed by atoms with E-state index in [1.165, 1.54) is 0 Å². The van der Waals surface area contributed by atoms with Crippen LogP contribution in [0.4, 0.5) is 0 Å². The summed E-state index contributed by atoms with van der Waals surface area (Å²) in [5, 5.41) is 3.18. The molecule has 1 amide bonds. The van der Waals surface area contributed by atoms with Crippen molar-refractivity contribution in [3.63, 3.8) is 0 Å². The van der Waals surface area contributed by atoms with Crippen LogP contribution in [0.3, 0.4) is 0 Å². The molecule has 0 fully saturated rings. The van der Waals surface area contributed by atoms with E-state index in [2.05, 4.69) is 5.32 Å². The largest absolute Gasteiger partial charge is 0.342 e. The van der Waals surface area contributed by atoms with Gasteiger partial charge in [-0.3, -0.25) is 9.59 Å². The number of aromatic nitrogens is 2. The van der Waals surface area contributed by atoms with Crippen molar-refractivity contribution in [1.82, 2.24) is 14.9 Å². The van der Waals surface area contributed by atoms with Crippen molar-refractivity contribution in [2.45, 2.75) is 19.0 Å². The van der Waals surface area contributed by atoms with Gasteiger partial charge in [-0.15, -0.1) is 0 Å². The molecule has 1 aromatic heterocycles. The number of ketones is 1. The van der Waals surface area contributed by atoms with Gasteiger partial charge in [0.1, 0.15) is 5.82 Å². The number of fused-ring (bicyclic) bond motifs is 1. The second-order valence-corrected chi connectivity index (χ2v) is 8.42. The maximum absolute atomic E-state index is 13.2. The number of nitrogens with one attached hydrogen (secondary N) is 1. The third kappa shape index (κ3) is 5.04. The van der Waals surface area contributed by atoms with E-state index in [0.29, 0.717) is 23.4 Å². The van der Waals surface area contributed by atoms with E-state index in [1.54, 1.807) is 12.1 Å². The first kappa shape index (κ1) is 22.3. The molecule has 35 heavy (non-hydrogen) atoms. The molecule has 4 aromatic carbocycles. The normalized spacial score (nSPS) is 11.8. The van der Waals surface area contributed by atoms with Gasteiger partial charge in [-0.2, -0.15) is 0 Å². The summed E-state index contributed by atoms with van der Waals surface area (Å²) >= 11 is 0. The van der Waals surface area contributed by atoms with Crippen LogP contribution in [0.15, 0.2) is 115 Å². The predicted octanol–water partition coefficient (Wildman–Crippen LogP) is 5.63. The first-order chi connectivity index (χ1) is 17.2. The molecule has 5 rings (SSSR count). The highest BCUT2D eigenvalue weighted by atomic mass is 16.1. The van der Waals surface area contributed by atoms with Crippen LogP contribution in [0.5, 0.6) is 0 Å². The Hall–Kier alpha value is -4.51. The minimum Gasteiger partial charge on any atom is -0.342 e. The van der Waals surface area contributed by atoms with E-state index in [-0.39, 0.29) is 18.2 Å². The smallest absolute Gasteiger partial charge is 0.251 e. The molecule has 1 N–H and O–H groups in total. The number of carbonyl (C=O) groups excluding carboxylic acids is 2. The molecule has 0 bridgehead atoms. The lowest BCUT2D eigenvalue weighted by molar-refractivity contribution is 0.0934. The van der Waals surface area contributed by atoms with Crippen LogP contribution in [0.2, 0.25) is 0 Å². The molecule has 0 spiro atoms. The number of rotatable bonds is 8. The maximum atomic E-state index is 13.2. The molecule has 0 unspecified atom stereocenters. The highest BCUT2D eigenvalue weighted by Gasteiger charge is 2.24. The SMILES string of the molecule is O=C(Cn1c([C@H](Cc2ccccc2)NC(=O)c2ccccc2)nc2ccccc21)c1ccccc1. The average Bonchev–Trinajstić information content (AvgIpc) is 3.28. The standard InChI is InChI=1S/C30H25N3O2/c34-28(23-14-6-2-7-15-23)21-33-27-19-11-10-18-25(27)31-29(33)26(20-22-12-4-1-5-13-22)32-30(35)24-16-8-3-9-17-24/h1-19,26H,20-21H2,(H,32,35)/t26-/m0/s1. The Morgan fingerprint density at radius 3 is 1.97 bits per heavy atom. The summed E-state index contributed by atoms with van der Waals surface area (Å²) in [6.07, 6.45) is 0.544. The number of carbonyl (C=O) groups is 2. The topological polar surface area (TPSA) is 64.0 Å². The fourth-order valence-corrected chi connectivity index (χ4v) is 4.27. The van der Waals surface area contributed by atoms with Crippen LogP contribution in [-0.4, -0.2) is 21.2 Å². The van der Waals surface area contributed by atoms with Crippen molar-refractivity contribution in [3.05, 3.63) is 138 Å². The summed E-state index contributed by atoms with van der Waals surface area (Å²) in [7, 11) is 0. The molecule has 0 radical (unpaired) electrons. The molecule has 0 saturated heterocycles. The number of para-hydroxylation sites is 2. The van der Waals surface area contributed by atoms with Gasteiger partial charge in [-0.05, 0) is 36.2 Å². The Labute approximate surface area is 204 Å². The molecule has 1 atom stereocenters. The molecule has 5 heteroatoms. The zero-order valence-electron chi connectivity index (χ0n) is 19.2. The molecular weight excluding hydrogens is 434 g/mol. The van der Waals surface area contributed by atoms with Gasteiger partial charge in [-0.25, -0.2) is 4.98 Å². The Bertz CT molecular complexity index is 1440. The molecule has 0 aliphatic rings. The van der Waals surface area contributed by atoms with Gasteiger partial charge < -0.3 is 9.88 Å². The van der Waals surface area contributed by atoms with Crippen LogP contribution < -0.4 is 5.32 Å². The number of nitrogens with zero attached hydrogens (tertiary/aromatic N) is 2. The van der Waals surface area contributed by atoms with Gasteiger partial charge in [0.15, 0.2) is 5.78 Å². The number of amides is 1. The monoisotopic (exact) mass is 459 g/mol. The molecule has 0 saturated carbocycles. The Morgan fingerprint density at radius 1 is 0.714 bits per heavy atom. The third-order valence-electron chi connectivity index (χ3n) is 6.02. The number of imidazole rings is 1. The zero-order valence-corrected chi connectivity index (χ0v) is 19.2. The van der Waals surface area contributed by atoms with E-state index >= 15 is 0 Å². The average molecular weight is 460 g/mol. The summed E-state index contributed by atoms with van der Waals surface area (Å²) in [5.74, 6) is 0.464. The summed E-state index contributed by atoms with van der Waals surface area (Å²) in [6, 6.07) is 35.7.